The number of Topliss-reactive ketones (excluding diaryl/α,β-unsaturated/α-hetero) is 2. The van der Waals surface area contributed by atoms with Crippen LogP contribution in [-0.2, 0) is 54.3 Å². The Balaban J connectivity index is 0.000000291. The van der Waals surface area contributed by atoms with Gasteiger partial charge in [-0.15, -0.1) is 0 Å². The number of aromatic nitrogens is 2. The summed E-state index contributed by atoms with van der Waals surface area (Å²) in [5.41, 5.74) is 7.03. The second-order valence-corrected chi connectivity index (χ2v) is 27.2. The summed E-state index contributed by atoms with van der Waals surface area (Å²) in [6.45, 7) is 15.0. The van der Waals surface area contributed by atoms with E-state index in [1.54, 1.807) is 78.2 Å². The Kier molecular flexibility index (Phi) is 29.3. The fraction of sp³-hybridized carbons (Fsp3) is 0.333. The molecule has 3 N–H and O–H groups in total. The highest BCUT2D eigenvalue weighted by molar-refractivity contribution is 6.01. The molecule has 0 radical (unpaired) electrons. The van der Waals surface area contributed by atoms with Crippen LogP contribution in [0.4, 0.5) is 21.2 Å². The highest BCUT2D eigenvalue weighted by Gasteiger charge is 2.28. The number of hydrogen-bond donors (Lipinski definition) is 3. The molecule has 546 valence electrons. The molecule has 2 heterocycles. The number of hydrogen-bond acceptors (Lipinski definition) is 16. The fourth-order valence-corrected chi connectivity index (χ4v) is 11.6. The Morgan fingerprint density at radius 3 is 1.33 bits per heavy atom. The van der Waals surface area contributed by atoms with E-state index in [4.69, 9.17) is 23.7 Å². The summed E-state index contributed by atoms with van der Waals surface area (Å²) in [6, 6.07) is 56.0. The van der Waals surface area contributed by atoms with Gasteiger partial charge in [0.1, 0.15) is 40.9 Å². The van der Waals surface area contributed by atoms with Gasteiger partial charge in [0, 0.05) is 73.8 Å². The number of nitrogens with one attached hydrogen (secondary N) is 2. The van der Waals surface area contributed by atoms with E-state index in [-0.39, 0.29) is 101 Å². The molecule has 0 saturated carbocycles. The average Bonchev–Trinajstić information content (AvgIpc) is 0.793. The first-order chi connectivity index (χ1) is 49.2. The maximum Gasteiger partial charge on any atom is 0.416 e. The largest absolute Gasteiger partial charge is 0.507 e. The van der Waals surface area contributed by atoms with Gasteiger partial charge in [0.05, 0.1) is 40.2 Å². The molecule has 2 aromatic heterocycles. The SMILES string of the molecule is C.COC(=O)C[C@H](CC(=O)CNC(=O)CCCN(C(=O)OC(C)(C)C)c1cc(C)ccn1)c1ccc(-c2cccc3c(O)cccc23)cc1.COC(=O)C[C@H](CC(=O)CNC(=O)CCCN(C(=O)OC(C)(C)C)c1cc(C)ccn1)c1ccc(-c2cccc3c(OCc4ccccc4)cccc23)cc1. The number of phenols is 1. The van der Waals surface area contributed by atoms with Crippen molar-refractivity contribution in [1.82, 2.24) is 20.6 Å². The summed E-state index contributed by atoms with van der Waals surface area (Å²) in [4.78, 5) is 114. The second-order valence-electron chi connectivity index (χ2n) is 27.2. The smallest absolute Gasteiger partial charge is 0.416 e. The number of anilines is 2. The maximum atomic E-state index is 13.2. The Morgan fingerprint density at radius 1 is 0.481 bits per heavy atom. The molecule has 20 nitrogen and oxygen atoms in total. The van der Waals surface area contributed by atoms with Crippen molar-refractivity contribution in [2.75, 3.05) is 50.2 Å². The number of carbonyl (C=O) groups excluding carboxylic acids is 8. The molecule has 20 heteroatoms. The number of carbonyl (C=O) groups is 8. The molecule has 7 aromatic carbocycles. The molecule has 4 amide bonds. The van der Waals surface area contributed by atoms with Crippen LogP contribution in [0.3, 0.4) is 0 Å². The van der Waals surface area contributed by atoms with Gasteiger partial charge in [0.2, 0.25) is 11.8 Å². The molecule has 9 aromatic rings. The van der Waals surface area contributed by atoms with Crippen LogP contribution >= 0.6 is 0 Å². The van der Waals surface area contributed by atoms with Crippen molar-refractivity contribution in [3.05, 3.63) is 216 Å². The number of ketones is 2. The number of aryl methyl sites for hydroxylation is 2. The number of pyridine rings is 2. The van der Waals surface area contributed by atoms with Crippen LogP contribution in [0.25, 0.3) is 43.8 Å². The number of aromatic hydroxyl groups is 1. The first-order valence-corrected chi connectivity index (χ1v) is 34.4. The van der Waals surface area contributed by atoms with Gasteiger partial charge in [0.25, 0.3) is 0 Å². The molecule has 0 aliphatic rings. The summed E-state index contributed by atoms with van der Waals surface area (Å²) in [5, 5.41) is 19.4. The van der Waals surface area contributed by atoms with E-state index in [0.717, 1.165) is 77.4 Å². The Labute approximate surface area is 609 Å². The minimum atomic E-state index is -0.704. The van der Waals surface area contributed by atoms with E-state index in [1.165, 1.54) is 24.0 Å². The monoisotopic (exact) mass is 1410 g/mol. The molecular formula is C84H96N6O14. The highest BCUT2D eigenvalue weighted by Crippen LogP contribution is 2.37. The molecule has 0 bridgehead atoms. The zero-order chi connectivity index (χ0) is 74.2. The number of rotatable bonds is 29. The topological polar surface area (TPSA) is 259 Å². The van der Waals surface area contributed by atoms with Crippen molar-refractivity contribution >= 4 is 80.7 Å². The van der Waals surface area contributed by atoms with Crippen molar-refractivity contribution < 1.29 is 67.1 Å². The van der Waals surface area contributed by atoms with Crippen molar-refractivity contribution in [1.29, 1.82) is 0 Å². The summed E-state index contributed by atoms with van der Waals surface area (Å²) >= 11 is 0. The Bertz CT molecular complexity index is 4410. The molecule has 0 aliphatic carbocycles. The number of methoxy groups -OCH3 is 2. The molecule has 104 heavy (non-hydrogen) atoms. The van der Waals surface area contributed by atoms with Crippen molar-refractivity contribution in [2.24, 2.45) is 0 Å². The van der Waals surface area contributed by atoms with Crippen LogP contribution in [0.15, 0.2) is 188 Å². The maximum absolute atomic E-state index is 13.2. The Morgan fingerprint density at radius 2 is 0.894 bits per heavy atom. The van der Waals surface area contributed by atoms with Gasteiger partial charge in [-0.3, -0.25) is 38.6 Å². The molecule has 0 spiro atoms. The first-order valence-electron chi connectivity index (χ1n) is 34.4. The van der Waals surface area contributed by atoms with E-state index in [2.05, 4.69) is 32.7 Å². The van der Waals surface area contributed by atoms with Gasteiger partial charge in [-0.2, -0.15) is 0 Å². The zero-order valence-corrected chi connectivity index (χ0v) is 60.3. The summed E-state index contributed by atoms with van der Waals surface area (Å²) < 4.78 is 27.2. The van der Waals surface area contributed by atoms with Gasteiger partial charge in [-0.1, -0.05) is 147 Å². The summed E-state index contributed by atoms with van der Waals surface area (Å²) in [5.74, 6) is -1.00. The Hall–Kier alpha value is -11.3. The van der Waals surface area contributed by atoms with Crippen LogP contribution in [-0.4, -0.2) is 114 Å². The van der Waals surface area contributed by atoms with Gasteiger partial charge >= 0.3 is 24.1 Å². The minimum absolute atomic E-state index is 0. The van der Waals surface area contributed by atoms with Crippen LogP contribution < -0.4 is 25.2 Å². The quantitative estimate of drug-likeness (QED) is 0.0291. The van der Waals surface area contributed by atoms with Crippen molar-refractivity contribution in [3.8, 4) is 33.8 Å². The van der Waals surface area contributed by atoms with Crippen LogP contribution in [0.2, 0.25) is 0 Å². The van der Waals surface area contributed by atoms with Crippen molar-refractivity contribution in [3.63, 3.8) is 0 Å². The first kappa shape index (κ1) is 80.0. The van der Waals surface area contributed by atoms with E-state index in [0.29, 0.717) is 31.1 Å². The lowest BCUT2D eigenvalue weighted by Gasteiger charge is -2.27. The number of nitrogens with zero attached hydrogens (tertiary/aromatic N) is 4. The molecule has 0 fully saturated rings. The lowest BCUT2D eigenvalue weighted by molar-refractivity contribution is -0.142. The van der Waals surface area contributed by atoms with Crippen LogP contribution in [0, 0.1) is 13.8 Å². The van der Waals surface area contributed by atoms with Crippen LogP contribution in [0.1, 0.15) is 140 Å². The lowest BCUT2D eigenvalue weighted by atomic mass is 9.89. The molecule has 9 rings (SSSR count). The minimum Gasteiger partial charge on any atom is -0.507 e. The highest BCUT2D eigenvalue weighted by atomic mass is 16.6. The van der Waals surface area contributed by atoms with E-state index >= 15 is 0 Å². The van der Waals surface area contributed by atoms with Gasteiger partial charge in [-0.25, -0.2) is 19.6 Å². The molecular weight excluding hydrogens is 1320 g/mol. The normalized spacial score (nSPS) is 11.7. The fourth-order valence-electron chi connectivity index (χ4n) is 11.6. The van der Waals surface area contributed by atoms with E-state index in [9.17, 15) is 43.5 Å². The third kappa shape index (κ3) is 24.2. The number of amides is 4. The number of phenolic OH excluding ortho intramolecular Hbond substituents is 1. The van der Waals surface area contributed by atoms with Gasteiger partial charge < -0.3 is 39.4 Å². The number of benzene rings is 7. The average molecular weight is 1410 g/mol. The molecule has 2 atom stereocenters. The number of ether oxygens (including phenoxy) is 5. The third-order valence-corrected chi connectivity index (χ3v) is 16.8. The summed E-state index contributed by atoms with van der Waals surface area (Å²) in [7, 11) is 2.63. The number of esters is 2. The molecule has 0 unspecified atom stereocenters. The zero-order valence-electron chi connectivity index (χ0n) is 60.3. The standard InChI is InChI=1S/C45H49N3O7.C38H43N3O7.CH4/c1-31-23-24-46-41(26-31)48(44(52)55-45(2,3)4)25-11-18-42(50)47-29-36(49)27-35(28-43(51)53-5)33-19-21-34(22-20-33)37-14-9-16-39-38(37)15-10-17-40(39)54-30-32-12-7-6-8-13-32;1-25-18-19-39-34(21-25)41(37(46)48-38(2,3)4)20-8-13-35(44)40-24-29(42)22-28(23-36(45)47-5)26-14-16-27(17-15-26)30-9-6-11-32-31(30)10-7-12-33(32)43;/h6-10,12-17,19-24,26,35H,11,18,25,27-30H2,1-5H3,(H,47,50);6-7,9-12,14-19,21,28,43H,8,13,20,22-24H2,1-5H3,(H,40,44);1H4/t35-;28-;/m00./s1. The number of fused-ring (bicyclic) bond motifs is 2. The van der Waals surface area contributed by atoms with Crippen LogP contribution in [0.5, 0.6) is 11.5 Å². The van der Waals surface area contributed by atoms with Gasteiger partial charge in [-0.05, 0) is 165 Å². The van der Waals surface area contributed by atoms with E-state index < -0.39 is 47.2 Å². The third-order valence-electron chi connectivity index (χ3n) is 16.8. The lowest BCUT2D eigenvalue weighted by Crippen LogP contribution is -2.38. The van der Waals surface area contributed by atoms with Gasteiger partial charge in [0.15, 0.2) is 11.6 Å². The van der Waals surface area contributed by atoms with E-state index in [1.807, 2.05) is 153 Å². The molecule has 0 aliphatic heterocycles. The van der Waals surface area contributed by atoms with Crippen molar-refractivity contribution in [2.45, 2.75) is 144 Å². The predicted octanol–water partition coefficient (Wildman–Crippen LogP) is 16.2. The summed E-state index contributed by atoms with van der Waals surface area (Å²) in [6.07, 6.45) is 3.01. The predicted molar refractivity (Wildman–Crippen MR) is 406 cm³/mol. The second kappa shape index (κ2) is 38.1. The molecule has 0 saturated heterocycles.